The molecule has 0 bridgehead atoms. The van der Waals surface area contributed by atoms with E-state index >= 15 is 0 Å². The van der Waals surface area contributed by atoms with Gasteiger partial charge in [0.1, 0.15) is 5.82 Å². The summed E-state index contributed by atoms with van der Waals surface area (Å²) in [4.78, 5) is 0. The molecule has 0 fully saturated rings. The number of aryl methyl sites for hydroxylation is 2. The predicted octanol–water partition coefficient (Wildman–Crippen LogP) is 3.03. The number of halogens is 2. The van der Waals surface area contributed by atoms with Gasteiger partial charge in [-0.2, -0.15) is 5.10 Å². The molecular weight excluding hydrogens is 255 g/mol. The fourth-order valence-electron chi connectivity index (χ4n) is 1.89. The predicted molar refractivity (Wildman–Crippen MR) is 68.1 cm³/mol. The van der Waals surface area contributed by atoms with Crippen molar-refractivity contribution in [1.29, 1.82) is 0 Å². The molecule has 96 valence electrons. The zero-order valence-electron chi connectivity index (χ0n) is 10.2. The molecule has 1 heterocycles. The number of aliphatic hydroxyl groups excluding tert-OH is 1. The van der Waals surface area contributed by atoms with E-state index < -0.39 is 11.9 Å². The lowest BCUT2D eigenvalue weighted by molar-refractivity contribution is 0.150. The number of aliphatic hydroxyl groups is 1. The van der Waals surface area contributed by atoms with E-state index in [0.29, 0.717) is 12.1 Å². The summed E-state index contributed by atoms with van der Waals surface area (Å²) in [7, 11) is 0. The number of hydrogen-bond donors (Lipinski definition) is 1. The van der Waals surface area contributed by atoms with Gasteiger partial charge in [0.05, 0.1) is 18.3 Å². The molecule has 0 radical (unpaired) electrons. The highest BCUT2D eigenvalue weighted by molar-refractivity contribution is 6.31. The van der Waals surface area contributed by atoms with Crippen molar-refractivity contribution < 1.29 is 9.50 Å². The highest BCUT2D eigenvalue weighted by Gasteiger charge is 2.14. The van der Waals surface area contributed by atoms with Gasteiger partial charge in [-0.25, -0.2) is 4.39 Å². The largest absolute Gasteiger partial charge is 0.386 e. The fourth-order valence-corrected chi connectivity index (χ4v) is 2.19. The summed E-state index contributed by atoms with van der Waals surface area (Å²) in [6.45, 7) is 4.10. The van der Waals surface area contributed by atoms with Crippen LogP contribution in [0.2, 0.25) is 5.02 Å². The van der Waals surface area contributed by atoms with E-state index in [1.165, 1.54) is 18.2 Å². The first-order valence-electron chi connectivity index (χ1n) is 5.61. The summed E-state index contributed by atoms with van der Waals surface area (Å²) in [5, 5.41) is 14.6. The van der Waals surface area contributed by atoms with Crippen molar-refractivity contribution in [3.8, 4) is 0 Å². The van der Waals surface area contributed by atoms with Crippen molar-refractivity contribution in [3.63, 3.8) is 0 Å². The van der Waals surface area contributed by atoms with Crippen LogP contribution in [-0.2, 0) is 6.54 Å². The van der Waals surface area contributed by atoms with Crippen molar-refractivity contribution in [2.75, 3.05) is 0 Å². The van der Waals surface area contributed by atoms with Crippen LogP contribution in [0.5, 0.6) is 0 Å². The first-order valence-corrected chi connectivity index (χ1v) is 5.99. The van der Waals surface area contributed by atoms with Crippen molar-refractivity contribution in [2.24, 2.45) is 0 Å². The van der Waals surface area contributed by atoms with Gasteiger partial charge in [0.2, 0.25) is 0 Å². The van der Waals surface area contributed by atoms with E-state index in [9.17, 15) is 9.50 Å². The number of rotatable bonds is 3. The molecule has 0 saturated heterocycles. The quantitative estimate of drug-likeness (QED) is 0.929. The van der Waals surface area contributed by atoms with Crippen molar-refractivity contribution in [2.45, 2.75) is 26.5 Å². The number of hydrogen-bond acceptors (Lipinski definition) is 2. The Balaban J connectivity index is 2.21. The molecule has 3 nitrogen and oxygen atoms in total. The van der Waals surface area contributed by atoms with Crippen LogP contribution in [-0.4, -0.2) is 14.9 Å². The van der Waals surface area contributed by atoms with E-state index in [-0.39, 0.29) is 5.02 Å². The average Bonchev–Trinajstić information content (AvgIpc) is 2.57. The molecule has 0 amide bonds. The van der Waals surface area contributed by atoms with Gasteiger partial charge in [-0.05, 0) is 32.0 Å². The van der Waals surface area contributed by atoms with E-state index in [1.807, 2.05) is 19.9 Å². The first kappa shape index (κ1) is 13.1. The minimum absolute atomic E-state index is 0.226. The summed E-state index contributed by atoms with van der Waals surface area (Å²) < 4.78 is 14.6. The Kier molecular flexibility index (Phi) is 3.68. The third-order valence-corrected chi connectivity index (χ3v) is 3.10. The van der Waals surface area contributed by atoms with Crippen LogP contribution in [0, 0.1) is 19.7 Å². The highest BCUT2D eigenvalue weighted by Crippen LogP contribution is 2.25. The second-order valence-corrected chi connectivity index (χ2v) is 4.70. The molecule has 0 saturated carbocycles. The summed E-state index contributed by atoms with van der Waals surface area (Å²) in [6, 6.07) is 5.90. The number of nitrogens with zero attached hydrogens (tertiary/aromatic N) is 2. The maximum atomic E-state index is 12.9. The molecular formula is C13H14ClFN2O. The summed E-state index contributed by atoms with van der Waals surface area (Å²) >= 11 is 5.91. The molecule has 2 rings (SSSR count). The zero-order chi connectivity index (χ0) is 13.3. The zero-order valence-corrected chi connectivity index (χ0v) is 10.9. The second-order valence-electron chi connectivity index (χ2n) is 4.29. The average molecular weight is 269 g/mol. The molecule has 0 aliphatic carbocycles. The van der Waals surface area contributed by atoms with Gasteiger partial charge in [-0.1, -0.05) is 17.7 Å². The number of aromatic nitrogens is 2. The van der Waals surface area contributed by atoms with Gasteiger partial charge in [-0.3, -0.25) is 4.68 Å². The summed E-state index contributed by atoms with van der Waals surface area (Å²) in [5.41, 5.74) is 2.36. The molecule has 5 heteroatoms. The van der Waals surface area contributed by atoms with E-state index in [0.717, 1.165) is 11.4 Å². The molecule has 18 heavy (non-hydrogen) atoms. The Morgan fingerprint density at radius 3 is 2.67 bits per heavy atom. The Hall–Kier alpha value is -1.39. The molecule has 1 aromatic carbocycles. The summed E-state index contributed by atoms with van der Waals surface area (Å²) in [6.07, 6.45) is -0.809. The molecule has 1 aromatic heterocycles. The van der Waals surface area contributed by atoms with Crippen molar-refractivity contribution in [1.82, 2.24) is 9.78 Å². The van der Waals surface area contributed by atoms with Gasteiger partial charge in [0.15, 0.2) is 0 Å². The summed E-state index contributed by atoms with van der Waals surface area (Å²) in [5.74, 6) is -0.415. The lowest BCUT2D eigenvalue weighted by Crippen LogP contribution is -2.12. The standard InChI is InChI=1S/C13H14ClFN2O/c1-8-5-9(2)17(16-8)7-13(18)11-4-3-10(15)6-12(11)14/h3-6,13,18H,7H2,1-2H3/t13-/m0/s1. The second kappa shape index (κ2) is 5.08. The smallest absolute Gasteiger partial charge is 0.124 e. The van der Waals surface area contributed by atoms with Crippen LogP contribution >= 0.6 is 11.6 Å². The highest BCUT2D eigenvalue weighted by atomic mass is 35.5. The molecule has 0 spiro atoms. The Morgan fingerprint density at radius 1 is 1.39 bits per heavy atom. The topological polar surface area (TPSA) is 38.0 Å². The molecule has 2 aromatic rings. The Labute approximate surface area is 110 Å². The SMILES string of the molecule is Cc1cc(C)n(C[C@H](O)c2ccc(F)cc2Cl)n1. The van der Waals surface area contributed by atoms with Gasteiger partial charge in [0, 0.05) is 16.3 Å². The Morgan fingerprint density at radius 2 is 2.11 bits per heavy atom. The normalized spacial score (nSPS) is 12.7. The minimum Gasteiger partial charge on any atom is -0.386 e. The van der Waals surface area contributed by atoms with Crippen LogP contribution in [0.4, 0.5) is 4.39 Å². The fraction of sp³-hybridized carbons (Fsp3) is 0.308. The molecule has 0 unspecified atom stereocenters. The number of benzene rings is 1. The van der Waals surface area contributed by atoms with E-state index in [2.05, 4.69) is 5.10 Å². The molecule has 0 aliphatic rings. The monoisotopic (exact) mass is 268 g/mol. The first-order chi connectivity index (χ1) is 8.47. The molecule has 0 aliphatic heterocycles. The van der Waals surface area contributed by atoms with Crippen LogP contribution < -0.4 is 0 Å². The van der Waals surface area contributed by atoms with E-state index in [4.69, 9.17) is 11.6 Å². The molecule has 1 N–H and O–H groups in total. The maximum absolute atomic E-state index is 12.9. The van der Waals surface area contributed by atoms with E-state index in [1.54, 1.807) is 4.68 Å². The lowest BCUT2D eigenvalue weighted by Gasteiger charge is -2.14. The molecule has 1 atom stereocenters. The van der Waals surface area contributed by atoms with Crippen LogP contribution in [0.15, 0.2) is 24.3 Å². The van der Waals surface area contributed by atoms with Crippen LogP contribution in [0.1, 0.15) is 23.1 Å². The van der Waals surface area contributed by atoms with Crippen LogP contribution in [0.3, 0.4) is 0 Å². The third kappa shape index (κ3) is 2.71. The minimum atomic E-state index is -0.809. The maximum Gasteiger partial charge on any atom is 0.124 e. The van der Waals surface area contributed by atoms with Crippen molar-refractivity contribution >= 4 is 11.6 Å². The third-order valence-electron chi connectivity index (χ3n) is 2.77. The lowest BCUT2D eigenvalue weighted by atomic mass is 10.1. The van der Waals surface area contributed by atoms with Gasteiger partial charge in [-0.15, -0.1) is 0 Å². The van der Waals surface area contributed by atoms with Crippen LogP contribution in [0.25, 0.3) is 0 Å². The van der Waals surface area contributed by atoms with Gasteiger partial charge < -0.3 is 5.11 Å². The van der Waals surface area contributed by atoms with Gasteiger partial charge in [0.25, 0.3) is 0 Å². The van der Waals surface area contributed by atoms with Gasteiger partial charge >= 0.3 is 0 Å². The Bertz CT molecular complexity index is 568. The van der Waals surface area contributed by atoms with Crippen molar-refractivity contribution in [3.05, 3.63) is 52.1 Å².